The zero-order valence-electron chi connectivity index (χ0n) is 13.7. The molecular formula is C15H22N4O3S. The van der Waals surface area contributed by atoms with Gasteiger partial charge in [0.1, 0.15) is 17.3 Å². The number of furan rings is 1. The summed E-state index contributed by atoms with van der Waals surface area (Å²) in [5, 5.41) is 0.132. The Balaban J connectivity index is 1.64. The molecule has 0 aromatic carbocycles. The molecule has 2 aromatic heterocycles. The summed E-state index contributed by atoms with van der Waals surface area (Å²) in [6.45, 7) is 6.74. The predicted molar refractivity (Wildman–Crippen MR) is 85.4 cm³/mol. The highest BCUT2D eigenvalue weighted by Gasteiger charge is 2.30. The molecule has 0 N–H and O–H groups in total. The molecule has 2 aromatic rings. The van der Waals surface area contributed by atoms with Gasteiger partial charge in [0.25, 0.3) is 10.0 Å². The summed E-state index contributed by atoms with van der Waals surface area (Å²) in [6, 6.07) is 3.91. The molecule has 1 fully saturated rings. The van der Waals surface area contributed by atoms with Gasteiger partial charge in [-0.15, -0.1) is 0 Å². The molecular weight excluding hydrogens is 316 g/mol. The van der Waals surface area contributed by atoms with Crippen LogP contribution in [0.25, 0.3) is 0 Å². The summed E-state index contributed by atoms with van der Waals surface area (Å²) in [4.78, 5) is 6.35. The summed E-state index contributed by atoms with van der Waals surface area (Å²) < 4.78 is 34.1. The van der Waals surface area contributed by atoms with Crippen molar-refractivity contribution in [1.82, 2.24) is 18.8 Å². The van der Waals surface area contributed by atoms with E-state index in [-0.39, 0.29) is 5.03 Å². The molecule has 1 aliphatic rings. The molecule has 3 heterocycles. The van der Waals surface area contributed by atoms with Crippen LogP contribution in [0, 0.1) is 13.8 Å². The third-order valence-electron chi connectivity index (χ3n) is 4.20. The largest absolute Gasteiger partial charge is 0.465 e. The van der Waals surface area contributed by atoms with E-state index in [0.29, 0.717) is 38.5 Å². The fourth-order valence-electron chi connectivity index (χ4n) is 2.70. The maximum absolute atomic E-state index is 12.6. The molecule has 23 heavy (non-hydrogen) atoms. The van der Waals surface area contributed by atoms with Gasteiger partial charge in [0.05, 0.1) is 6.54 Å². The highest BCUT2D eigenvalue weighted by Crippen LogP contribution is 2.18. The Bertz CT molecular complexity index is 766. The topological polar surface area (TPSA) is 71.6 Å². The number of nitrogens with zero attached hydrogens (tertiary/aromatic N) is 4. The third-order valence-corrected chi connectivity index (χ3v) is 5.97. The number of piperazine rings is 1. The second-order valence-corrected chi connectivity index (χ2v) is 7.81. The quantitative estimate of drug-likeness (QED) is 0.836. The van der Waals surface area contributed by atoms with E-state index in [1.54, 1.807) is 24.7 Å². The first kappa shape index (κ1) is 16.2. The van der Waals surface area contributed by atoms with E-state index in [2.05, 4.69) is 9.88 Å². The Hall–Kier alpha value is -1.64. The highest BCUT2D eigenvalue weighted by molar-refractivity contribution is 7.89. The normalized spacial score (nSPS) is 17.7. The van der Waals surface area contributed by atoms with Crippen molar-refractivity contribution in [2.45, 2.75) is 25.4 Å². The molecule has 0 spiro atoms. The Morgan fingerprint density at radius 2 is 1.87 bits per heavy atom. The molecule has 126 valence electrons. The van der Waals surface area contributed by atoms with Crippen LogP contribution in [0.5, 0.6) is 0 Å². The second kappa shape index (κ2) is 6.10. The number of imidazole rings is 1. The summed E-state index contributed by atoms with van der Waals surface area (Å²) in [5.41, 5.74) is 0. The maximum Gasteiger partial charge on any atom is 0.262 e. The molecule has 0 unspecified atom stereocenters. The zero-order chi connectivity index (χ0) is 16.6. The standard InChI is InChI=1S/C15H22N4O3S/c1-12-4-5-14(22-12)10-18-6-8-19(9-7-18)23(20,21)15-11-17(3)13(2)16-15/h4-5,11H,6-10H2,1-3H3. The van der Waals surface area contributed by atoms with Crippen LogP contribution in [-0.2, 0) is 23.6 Å². The minimum Gasteiger partial charge on any atom is -0.465 e. The number of sulfonamides is 1. The van der Waals surface area contributed by atoms with Crippen molar-refractivity contribution in [1.29, 1.82) is 0 Å². The van der Waals surface area contributed by atoms with Crippen LogP contribution in [0.15, 0.2) is 27.8 Å². The number of hydrogen-bond donors (Lipinski definition) is 0. The first-order valence-corrected chi connectivity index (χ1v) is 9.08. The molecule has 3 rings (SSSR count). The van der Waals surface area contributed by atoms with E-state index in [4.69, 9.17) is 4.42 Å². The molecule has 0 radical (unpaired) electrons. The molecule has 1 saturated heterocycles. The van der Waals surface area contributed by atoms with Gasteiger partial charge in [0.2, 0.25) is 0 Å². The molecule has 0 aliphatic carbocycles. The van der Waals surface area contributed by atoms with Crippen molar-refractivity contribution in [3.8, 4) is 0 Å². The van der Waals surface area contributed by atoms with Gasteiger partial charge in [-0.25, -0.2) is 13.4 Å². The molecule has 0 bridgehead atoms. The molecule has 0 amide bonds. The Morgan fingerprint density at radius 1 is 1.17 bits per heavy atom. The third kappa shape index (κ3) is 3.34. The monoisotopic (exact) mass is 338 g/mol. The smallest absolute Gasteiger partial charge is 0.262 e. The van der Waals surface area contributed by atoms with Gasteiger partial charge < -0.3 is 8.98 Å². The predicted octanol–water partition coefficient (Wildman–Crippen LogP) is 1.14. The minimum atomic E-state index is -3.50. The average molecular weight is 338 g/mol. The van der Waals surface area contributed by atoms with Crippen LogP contribution in [0.4, 0.5) is 0 Å². The number of rotatable bonds is 4. The van der Waals surface area contributed by atoms with Crippen LogP contribution >= 0.6 is 0 Å². The van der Waals surface area contributed by atoms with Crippen LogP contribution < -0.4 is 0 Å². The van der Waals surface area contributed by atoms with Crippen LogP contribution in [0.3, 0.4) is 0 Å². The highest BCUT2D eigenvalue weighted by atomic mass is 32.2. The minimum absolute atomic E-state index is 0.132. The SMILES string of the molecule is Cc1ccc(CN2CCN(S(=O)(=O)c3cn(C)c(C)n3)CC2)o1. The zero-order valence-corrected chi connectivity index (χ0v) is 14.5. The molecule has 0 saturated carbocycles. The number of aromatic nitrogens is 2. The van der Waals surface area contributed by atoms with Gasteiger partial charge in [-0.3, -0.25) is 4.90 Å². The lowest BCUT2D eigenvalue weighted by molar-refractivity contribution is 0.170. The van der Waals surface area contributed by atoms with Crippen molar-refractivity contribution < 1.29 is 12.8 Å². The maximum atomic E-state index is 12.6. The van der Waals surface area contributed by atoms with Gasteiger partial charge in [0, 0.05) is 39.4 Å². The molecule has 1 aliphatic heterocycles. The number of hydrogen-bond acceptors (Lipinski definition) is 5. The Labute approximate surface area is 136 Å². The Morgan fingerprint density at radius 3 is 2.39 bits per heavy atom. The van der Waals surface area contributed by atoms with Gasteiger partial charge in [-0.2, -0.15) is 4.31 Å². The van der Waals surface area contributed by atoms with E-state index >= 15 is 0 Å². The average Bonchev–Trinajstić information content (AvgIpc) is 3.06. The lowest BCUT2D eigenvalue weighted by Crippen LogP contribution is -2.48. The van der Waals surface area contributed by atoms with Gasteiger partial charge in [0.15, 0.2) is 5.03 Å². The second-order valence-electron chi connectivity index (χ2n) is 5.93. The first-order chi connectivity index (χ1) is 10.9. The number of aryl methyl sites for hydroxylation is 3. The molecule has 8 heteroatoms. The first-order valence-electron chi connectivity index (χ1n) is 7.64. The van der Waals surface area contributed by atoms with Crippen LogP contribution in [0.2, 0.25) is 0 Å². The summed E-state index contributed by atoms with van der Waals surface area (Å²) >= 11 is 0. The van der Waals surface area contributed by atoms with E-state index < -0.39 is 10.0 Å². The van der Waals surface area contributed by atoms with Gasteiger partial charge >= 0.3 is 0 Å². The fraction of sp³-hybridized carbons (Fsp3) is 0.533. The molecule has 0 atom stereocenters. The van der Waals surface area contributed by atoms with Crippen molar-refractivity contribution in [2.24, 2.45) is 7.05 Å². The van der Waals surface area contributed by atoms with Gasteiger partial charge in [-0.05, 0) is 26.0 Å². The lowest BCUT2D eigenvalue weighted by Gasteiger charge is -2.32. The van der Waals surface area contributed by atoms with E-state index in [0.717, 1.165) is 11.5 Å². The van der Waals surface area contributed by atoms with Crippen molar-refractivity contribution in [3.05, 3.63) is 35.7 Å². The van der Waals surface area contributed by atoms with Crippen molar-refractivity contribution in [2.75, 3.05) is 26.2 Å². The van der Waals surface area contributed by atoms with Crippen LogP contribution in [0.1, 0.15) is 17.3 Å². The van der Waals surface area contributed by atoms with E-state index in [1.807, 2.05) is 19.1 Å². The van der Waals surface area contributed by atoms with Crippen molar-refractivity contribution in [3.63, 3.8) is 0 Å². The van der Waals surface area contributed by atoms with E-state index in [1.165, 1.54) is 4.31 Å². The summed E-state index contributed by atoms with van der Waals surface area (Å²) in [5.74, 6) is 2.50. The summed E-state index contributed by atoms with van der Waals surface area (Å²) in [7, 11) is -1.71. The molecule has 7 nitrogen and oxygen atoms in total. The van der Waals surface area contributed by atoms with Gasteiger partial charge in [-0.1, -0.05) is 0 Å². The van der Waals surface area contributed by atoms with Crippen molar-refractivity contribution >= 4 is 10.0 Å². The Kier molecular flexibility index (Phi) is 4.31. The summed E-state index contributed by atoms with van der Waals surface area (Å²) in [6.07, 6.45) is 1.57. The lowest BCUT2D eigenvalue weighted by atomic mass is 10.3. The van der Waals surface area contributed by atoms with Crippen LogP contribution in [-0.4, -0.2) is 53.4 Å². The fourth-order valence-corrected chi connectivity index (χ4v) is 4.15. The van der Waals surface area contributed by atoms with E-state index in [9.17, 15) is 8.42 Å².